The number of nitrogens with one attached hydrogen (secondary N) is 1. The summed E-state index contributed by atoms with van der Waals surface area (Å²) in [7, 11) is 0. The lowest BCUT2D eigenvalue weighted by Gasteiger charge is -2.09. The normalized spacial score (nSPS) is 11.1. The van der Waals surface area contributed by atoms with Gasteiger partial charge in [0.1, 0.15) is 0 Å². The summed E-state index contributed by atoms with van der Waals surface area (Å²) < 4.78 is 2.12. The van der Waals surface area contributed by atoms with Gasteiger partial charge in [0.15, 0.2) is 0 Å². The highest BCUT2D eigenvalue weighted by Crippen LogP contribution is 2.21. The second-order valence-corrected chi connectivity index (χ2v) is 6.64. The van der Waals surface area contributed by atoms with Crippen molar-refractivity contribution in [3.05, 3.63) is 87.7 Å². The van der Waals surface area contributed by atoms with Crippen LogP contribution < -0.4 is 5.43 Å². The van der Waals surface area contributed by atoms with Gasteiger partial charge in [-0.15, -0.1) is 0 Å². The van der Waals surface area contributed by atoms with E-state index < -0.39 is 0 Å². The maximum atomic E-state index is 12.1. The molecule has 1 heterocycles. The number of carbonyl (C=O) groups excluding carboxylic acids is 1. The first-order valence-electron chi connectivity index (χ1n) is 8.30. The minimum absolute atomic E-state index is 0.229. The smallest absolute Gasteiger partial charge is 0.271 e. The number of carbonyl (C=O) groups is 1. The van der Waals surface area contributed by atoms with Crippen molar-refractivity contribution in [3.63, 3.8) is 0 Å². The van der Waals surface area contributed by atoms with E-state index in [-0.39, 0.29) is 5.91 Å². The molecule has 3 aromatic rings. The number of hydrogen-bond donors (Lipinski definition) is 1. The fourth-order valence-electron chi connectivity index (χ4n) is 2.84. The van der Waals surface area contributed by atoms with Crippen molar-refractivity contribution in [2.75, 3.05) is 0 Å². The second-order valence-electron chi connectivity index (χ2n) is 6.20. The molecule has 0 atom stereocenters. The molecule has 1 N–H and O–H groups in total. The number of halogens is 1. The van der Waals surface area contributed by atoms with Crippen LogP contribution in [0.5, 0.6) is 0 Å². The molecule has 4 nitrogen and oxygen atoms in total. The van der Waals surface area contributed by atoms with Crippen LogP contribution in [0, 0.1) is 20.8 Å². The molecule has 0 aliphatic heterocycles. The molecule has 0 fully saturated rings. The molecular weight excluding hydrogens is 346 g/mol. The number of hydrogen-bond acceptors (Lipinski definition) is 2. The number of nitrogens with zero attached hydrogens (tertiary/aromatic N) is 2. The van der Waals surface area contributed by atoms with Crippen molar-refractivity contribution in [2.24, 2.45) is 5.10 Å². The Morgan fingerprint density at radius 3 is 2.35 bits per heavy atom. The Morgan fingerprint density at radius 2 is 1.69 bits per heavy atom. The van der Waals surface area contributed by atoms with Crippen LogP contribution in [0.25, 0.3) is 5.69 Å². The SMILES string of the molecule is Cc1ccc(C(=O)N/N=C\c2cc(C)n(-c3ccc(Cl)cc3)c2C)cc1. The Hall–Kier alpha value is -2.85. The van der Waals surface area contributed by atoms with Crippen molar-refractivity contribution in [1.29, 1.82) is 0 Å². The topological polar surface area (TPSA) is 46.4 Å². The van der Waals surface area contributed by atoms with E-state index in [2.05, 4.69) is 15.1 Å². The van der Waals surface area contributed by atoms with E-state index >= 15 is 0 Å². The van der Waals surface area contributed by atoms with Crippen molar-refractivity contribution in [1.82, 2.24) is 9.99 Å². The molecule has 0 bridgehead atoms. The average Bonchev–Trinajstić information content (AvgIpc) is 2.90. The van der Waals surface area contributed by atoms with Gasteiger partial charge in [-0.3, -0.25) is 4.79 Å². The summed E-state index contributed by atoms with van der Waals surface area (Å²) in [5.74, 6) is -0.229. The Bertz CT molecular complexity index is 954. The van der Waals surface area contributed by atoms with Gasteiger partial charge in [0.05, 0.1) is 6.21 Å². The summed E-state index contributed by atoms with van der Waals surface area (Å²) in [4.78, 5) is 12.1. The second kappa shape index (κ2) is 7.58. The van der Waals surface area contributed by atoms with Crippen LogP contribution in [0.4, 0.5) is 0 Å². The first-order chi connectivity index (χ1) is 12.5. The van der Waals surface area contributed by atoms with Crippen molar-refractivity contribution in [3.8, 4) is 5.69 Å². The highest BCUT2D eigenvalue weighted by atomic mass is 35.5. The molecule has 0 saturated heterocycles. The van der Waals surface area contributed by atoms with Gasteiger partial charge in [-0.05, 0) is 63.2 Å². The van der Waals surface area contributed by atoms with Gasteiger partial charge in [-0.25, -0.2) is 5.43 Å². The molecule has 0 aliphatic carbocycles. The Kier molecular flexibility index (Phi) is 5.24. The number of aromatic nitrogens is 1. The molecular formula is C21H20ClN3O. The highest BCUT2D eigenvalue weighted by molar-refractivity contribution is 6.30. The fourth-order valence-corrected chi connectivity index (χ4v) is 2.96. The molecule has 0 spiro atoms. The molecule has 0 radical (unpaired) electrons. The van der Waals surface area contributed by atoms with Crippen molar-refractivity contribution in [2.45, 2.75) is 20.8 Å². The van der Waals surface area contributed by atoms with Crippen LogP contribution in [-0.2, 0) is 0 Å². The number of aryl methyl sites for hydroxylation is 2. The van der Waals surface area contributed by atoms with Gasteiger partial charge in [0.2, 0.25) is 0 Å². The fraction of sp³-hybridized carbons (Fsp3) is 0.143. The Balaban J connectivity index is 1.77. The number of amides is 1. The Labute approximate surface area is 158 Å². The molecule has 1 aromatic heterocycles. The van der Waals surface area contributed by atoms with Crippen LogP contribution in [-0.4, -0.2) is 16.7 Å². The van der Waals surface area contributed by atoms with Gasteiger partial charge >= 0.3 is 0 Å². The summed E-state index contributed by atoms with van der Waals surface area (Å²) >= 11 is 5.97. The zero-order chi connectivity index (χ0) is 18.7. The van der Waals surface area contributed by atoms with Crippen LogP contribution >= 0.6 is 11.6 Å². The van der Waals surface area contributed by atoms with E-state index in [1.165, 1.54) is 0 Å². The van der Waals surface area contributed by atoms with Gasteiger partial charge in [0.25, 0.3) is 5.91 Å². The molecule has 0 aliphatic rings. The third kappa shape index (κ3) is 3.86. The van der Waals surface area contributed by atoms with E-state index in [0.29, 0.717) is 10.6 Å². The molecule has 5 heteroatoms. The maximum absolute atomic E-state index is 12.1. The van der Waals surface area contributed by atoms with Crippen molar-refractivity contribution >= 4 is 23.7 Å². The minimum atomic E-state index is -0.229. The average molecular weight is 366 g/mol. The first-order valence-corrected chi connectivity index (χ1v) is 8.68. The number of benzene rings is 2. The number of rotatable bonds is 4. The molecule has 0 unspecified atom stereocenters. The zero-order valence-electron chi connectivity index (χ0n) is 15.0. The van der Waals surface area contributed by atoms with E-state index in [1.54, 1.807) is 18.3 Å². The lowest BCUT2D eigenvalue weighted by molar-refractivity contribution is 0.0955. The molecule has 3 rings (SSSR count). The van der Waals surface area contributed by atoms with E-state index in [0.717, 1.165) is 28.2 Å². The Morgan fingerprint density at radius 1 is 1.04 bits per heavy atom. The summed E-state index contributed by atoms with van der Waals surface area (Å²) in [6, 6.07) is 17.1. The van der Waals surface area contributed by atoms with Crippen LogP contribution in [0.15, 0.2) is 59.7 Å². The minimum Gasteiger partial charge on any atom is -0.318 e. The van der Waals surface area contributed by atoms with E-state index in [1.807, 2.05) is 63.2 Å². The summed E-state index contributed by atoms with van der Waals surface area (Å²) in [6.45, 7) is 6.03. The monoisotopic (exact) mass is 365 g/mol. The summed E-state index contributed by atoms with van der Waals surface area (Å²) in [5, 5.41) is 4.81. The molecule has 26 heavy (non-hydrogen) atoms. The molecule has 132 valence electrons. The predicted molar refractivity (Wildman–Crippen MR) is 106 cm³/mol. The molecule has 0 saturated carbocycles. The van der Waals surface area contributed by atoms with Crippen LogP contribution in [0.3, 0.4) is 0 Å². The highest BCUT2D eigenvalue weighted by Gasteiger charge is 2.09. The number of hydrazone groups is 1. The van der Waals surface area contributed by atoms with E-state index in [9.17, 15) is 4.79 Å². The predicted octanol–water partition coefficient (Wildman–Crippen LogP) is 4.82. The lowest BCUT2D eigenvalue weighted by Crippen LogP contribution is -2.17. The quantitative estimate of drug-likeness (QED) is 0.523. The largest absolute Gasteiger partial charge is 0.318 e. The van der Waals surface area contributed by atoms with Gasteiger partial charge in [-0.2, -0.15) is 5.10 Å². The lowest BCUT2D eigenvalue weighted by atomic mass is 10.1. The molecule has 1 amide bonds. The maximum Gasteiger partial charge on any atom is 0.271 e. The van der Waals surface area contributed by atoms with Gasteiger partial charge < -0.3 is 4.57 Å². The van der Waals surface area contributed by atoms with Crippen molar-refractivity contribution < 1.29 is 4.79 Å². The zero-order valence-corrected chi connectivity index (χ0v) is 15.7. The first kappa shape index (κ1) is 18.0. The van der Waals surface area contributed by atoms with E-state index in [4.69, 9.17) is 11.6 Å². The third-order valence-electron chi connectivity index (χ3n) is 4.24. The summed E-state index contributed by atoms with van der Waals surface area (Å²) in [5.41, 5.74) is 8.37. The van der Waals surface area contributed by atoms with Crippen LogP contribution in [0.1, 0.15) is 32.9 Å². The molecule has 2 aromatic carbocycles. The van der Waals surface area contributed by atoms with Crippen LogP contribution in [0.2, 0.25) is 5.02 Å². The third-order valence-corrected chi connectivity index (χ3v) is 4.49. The van der Waals surface area contributed by atoms with Gasteiger partial charge in [-0.1, -0.05) is 29.3 Å². The summed E-state index contributed by atoms with van der Waals surface area (Å²) in [6.07, 6.45) is 1.67. The standard InChI is InChI=1S/C21H20ClN3O/c1-14-4-6-17(7-5-14)21(26)24-23-13-18-12-15(2)25(16(18)3)20-10-8-19(22)9-11-20/h4-13H,1-3H3,(H,24,26)/b23-13-. The van der Waals surface area contributed by atoms with Gasteiger partial charge in [0, 0.05) is 33.2 Å².